The summed E-state index contributed by atoms with van der Waals surface area (Å²) in [5, 5.41) is 9.34. The molecule has 1 aliphatic heterocycles. The number of carboxylic acids is 1. The molecule has 0 amide bonds. The van der Waals surface area contributed by atoms with Crippen molar-refractivity contribution in [1.82, 2.24) is 13.9 Å². The van der Waals surface area contributed by atoms with Crippen LogP contribution in [0.3, 0.4) is 0 Å². The number of thiol groups is 1. The Morgan fingerprint density at radius 1 is 1.14 bits per heavy atom. The second kappa shape index (κ2) is 5.53. The lowest BCUT2D eigenvalue weighted by atomic mass is 9.97. The molecule has 116 valence electrons. The molecule has 2 heterocycles. The van der Waals surface area contributed by atoms with Gasteiger partial charge in [-0.2, -0.15) is 12.6 Å². The monoisotopic (exact) mass is 321 g/mol. The molecule has 3 rings (SSSR count). The first-order valence-corrected chi connectivity index (χ1v) is 7.52. The van der Waals surface area contributed by atoms with Gasteiger partial charge in [0.15, 0.2) is 6.04 Å². The number of hydrogen-bond acceptors (Lipinski definition) is 4. The maximum atomic E-state index is 12.5. The first-order valence-electron chi connectivity index (χ1n) is 6.88. The molecule has 2 aromatic rings. The lowest BCUT2D eigenvalue weighted by Crippen LogP contribution is -2.41. The number of hydrogen-bond donors (Lipinski definition) is 2. The van der Waals surface area contributed by atoms with Crippen LogP contribution >= 0.6 is 12.6 Å². The second-order valence-corrected chi connectivity index (χ2v) is 5.46. The molecule has 2 atom stereocenters. The minimum atomic E-state index is -1.11. The van der Waals surface area contributed by atoms with Crippen LogP contribution in [-0.2, 0) is 10.7 Å². The lowest BCUT2D eigenvalue weighted by Gasteiger charge is -2.29. The molecule has 8 heteroatoms. The van der Waals surface area contributed by atoms with Crippen molar-refractivity contribution in [1.29, 1.82) is 0 Å². The Morgan fingerprint density at radius 3 is 2.36 bits per heavy atom. The summed E-state index contributed by atoms with van der Waals surface area (Å²) >= 11 is 4.00. The van der Waals surface area contributed by atoms with Gasteiger partial charge in [-0.1, -0.05) is 30.3 Å². The topological polar surface area (TPSA) is 86.2 Å². The van der Waals surface area contributed by atoms with Crippen molar-refractivity contribution >= 4 is 18.6 Å². The minimum absolute atomic E-state index is 0.0848. The summed E-state index contributed by atoms with van der Waals surface area (Å²) in [5.74, 6) is -1.20. The van der Waals surface area contributed by atoms with Crippen LogP contribution in [0.5, 0.6) is 0 Å². The van der Waals surface area contributed by atoms with Gasteiger partial charge >= 0.3 is 17.3 Å². The number of aromatic nitrogens is 3. The van der Waals surface area contributed by atoms with Crippen molar-refractivity contribution in [3.05, 3.63) is 56.9 Å². The van der Waals surface area contributed by atoms with Gasteiger partial charge in [0.1, 0.15) is 0 Å². The standard InChI is InChI=1S/C14H15N3O4S/c18-12(19)11-7-6-10(9-4-2-1-3-5-9)16-13(20)15(8-22)14(21)17(11)16/h1-5,10-11,22H,6-8H2,(H,18,19). The van der Waals surface area contributed by atoms with Crippen LogP contribution in [0, 0.1) is 0 Å². The predicted molar refractivity (Wildman–Crippen MR) is 82.4 cm³/mol. The molecule has 0 aliphatic carbocycles. The van der Waals surface area contributed by atoms with Gasteiger partial charge in [0.25, 0.3) is 0 Å². The van der Waals surface area contributed by atoms with Crippen LogP contribution in [-0.4, -0.2) is 25.0 Å². The Kier molecular flexibility index (Phi) is 3.69. The van der Waals surface area contributed by atoms with Crippen LogP contribution in [0.1, 0.15) is 30.5 Å². The van der Waals surface area contributed by atoms with E-state index in [1.54, 1.807) is 0 Å². The van der Waals surface area contributed by atoms with Crippen molar-refractivity contribution < 1.29 is 9.90 Å². The Labute approximate surface area is 130 Å². The number of rotatable bonds is 3. The molecule has 0 saturated heterocycles. The summed E-state index contributed by atoms with van der Waals surface area (Å²) in [6, 6.07) is 7.92. The SMILES string of the molecule is O=C(O)C1CCC(c2ccccc2)n2c(=O)n(CS)c(=O)n21. The maximum absolute atomic E-state index is 12.5. The molecule has 1 N–H and O–H groups in total. The average molecular weight is 321 g/mol. The van der Waals surface area contributed by atoms with Crippen molar-refractivity contribution in [3.63, 3.8) is 0 Å². The summed E-state index contributed by atoms with van der Waals surface area (Å²) < 4.78 is 3.26. The fourth-order valence-electron chi connectivity index (χ4n) is 2.97. The molecule has 2 unspecified atom stereocenters. The molecular weight excluding hydrogens is 306 g/mol. The molecule has 0 bridgehead atoms. The third kappa shape index (κ3) is 2.10. The Bertz CT molecular complexity index is 821. The summed E-state index contributed by atoms with van der Waals surface area (Å²) in [6.07, 6.45) is 0.780. The van der Waals surface area contributed by atoms with E-state index in [0.29, 0.717) is 12.8 Å². The molecule has 0 fully saturated rings. The number of benzene rings is 1. The van der Waals surface area contributed by atoms with Gasteiger partial charge in [0.2, 0.25) is 0 Å². The van der Waals surface area contributed by atoms with E-state index in [-0.39, 0.29) is 11.9 Å². The molecule has 0 saturated carbocycles. The highest BCUT2D eigenvalue weighted by atomic mass is 32.1. The maximum Gasteiger partial charge on any atom is 0.348 e. The van der Waals surface area contributed by atoms with E-state index < -0.39 is 23.4 Å². The smallest absolute Gasteiger partial charge is 0.348 e. The Balaban J connectivity index is 2.26. The zero-order chi connectivity index (χ0) is 15.9. The molecular formula is C14H15N3O4S. The van der Waals surface area contributed by atoms with Gasteiger partial charge in [0.05, 0.1) is 11.9 Å². The zero-order valence-electron chi connectivity index (χ0n) is 11.6. The van der Waals surface area contributed by atoms with Gasteiger partial charge in [0, 0.05) is 0 Å². The summed E-state index contributed by atoms with van der Waals surface area (Å²) in [5.41, 5.74) is -0.286. The number of carboxylic acid groups (broad SMARTS) is 1. The van der Waals surface area contributed by atoms with Gasteiger partial charge in [-0.3, -0.25) is 0 Å². The first kappa shape index (κ1) is 14.7. The van der Waals surface area contributed by atoms with E-state index in [1.807, 2.05) is 30.3 Å². The summed E-state index contributed by atoms with van der Waals surface area (Å²) in [6.45, 7) is 0. The van der Waals surface area contributed by atoms with Crippen LogP contribution in [0.4, 0.5) is 0 Å². The van der Waals surface area contributed by atoms with Crippen molar-refractivity contribution in [2.45, 2.75) is 30.8 Å². The lowest BCUT2D eigenvalue weighted by molar-refractivity contribution is -0.142. The molecule has 1 aromatic carbocycles. The predicted octanol–water partition coefficient (Wildman–Crippen LogP) is 0.708. The first-order chi connectivity index (χ1) is 10.6. The molecule has 0 radical (unpaired) electrons. The van der Waals surface area contributed by atoms with Crippen LogP contribution in [0.25, 0.3) is 0 Å². The fraction of sp³-hybridized carbons (Fsp3) is 0.357. The van der Waals surface area contributed by atoms with E-state index in [4.69, 9.17) is 0 Å². The molecule has 0 spiro atoms. The van der Waals surface area contributed by atoms with E-state index in [1.165, 1.54) is 4.68 Å². The summed E-state index contributed by atoms with van der Waals surface area (Å²) in [7, 11) is 0. The Morgan fingerprint density at radius 2 is 1.77 bits per heavy atom. The van der Waals surface area contributed by atoms with Crippen LogP contribution in [0.15, 0.2) is 39.9 Å². The number of carbonyl (C=O) groups is 1. The molecule has 7 nitrogen and oxygen atoms in total. The van der Waals surface area contributed by atoms with E-state index >= 15 is 0 Å². The quantitative estimate of drug-likeness (QED) is 0.815. The molecule has 1 aliphatic rings. The van der Waals surface area contributed by atoms with E-state index in [9.17, 15) is 19.5 Å². The fourth-order valence-corrected chi connectivity index (χ4v) is 3.21. The van der Waals surface area contributed by atoms with Crippen molar-refractivity contribution in [3.8, 4) is 0 Å². The number of aliphatic carboxylic acids is 1. The highest BCUT2D eigenvalue weighted by Gasteiger charge is 2.36. The second-order valence-electron chi connectivity index (χ2n) is 5.18. The number of fused-ring (bicyclic) bond motifs is 1. The highest BCUT2D eigenvalue weighted by molar-refractivity contribution is 7.79. The van der Waals surface area contributed by atoms with Crippen molar-refractivity contribution in [2.75, 3.05) is 0 Å². The minimum Gasteiger partial charge on any atom is -0.480 e. The average Bonchev–Trinajstić information content (AvgIpc) is 2.79. The van der Waals surface area contributed by atoms with E-state index in [2.05, 4.69) is 12.6 Å². The largest absolute Gasteiger partial charge is 0.480 e. The zero-order valence-corrected chi connectivity index (χ0v) is 12.5. The number of nitrogens with zero attached hydrogens (tertiary/aromatic N) is 3. The van der Waals surface area contributed by atoms with Crippen LogP contribution < -0.4 is 11.4 Å². The normalized spacial score (nSPS) is 20.6. The highest BCUT2D eigenvalue weighted by Crippen LogP contribution is 2.30. The molecule has 1 aromatic heterocycles. The van der Waals surface area contributed by atoms with Gasteiger partial charge < -0.3 is 5.11 Å². The Hall–Kier alpha value is -2.22. The molecule has 22 heavy (non-hydrogen) atoms. The van der Waals surface area contributed by atoms with Crippen molar-refractivity contribution in [2.24, 2.45) is 0 Å². The third-order valence-corrected chi connectivity index (χ3v) is 4.28. The van der Waals surface area contributed by atoms with Crippen LogP contribution in [0.2, 0.25) is 0 Å². The third-order valence-electron chi connectivity index (χ3n) is 4.00. The van der Waals surface area contributed by atoms with Gasteiger partial charge in [-0.05, 0) is 18.4 Å². The van der Waals surface area contributed by atoms with Gasteiger partial charge in [-0.15, -0.1) is 0 Å². The van der Waals surface area contributed by atoms with Gasteiger partial charge in [-0.25, -0.2) is 28.3 Å². The van der Waals surface area contributed by atoms with E-state index in [0.717, 1.165) is 14.8 Å². The summed E-state index contributed by atoms with van der Waals surface area (Å²) in [4.78, 5) is 36.2.